The van der Waals surface area contributed by atoms with Crippen molar-refractivity contribution in [1.29, 1.82) is 0 Å². The fourth-order valence-corrected chi connectivity index (χ4v) is 2.91. The predicted molar refractivity (Wildman–Crippen MR) is 91.2 cm³/mol. The lowest BCUT2D eigenvalue weighted by Crippen LogP contribution is -2.14. The van der Waals surface area contributed by atoms with Crippen molar-refractivity contribution in [2.45, 2.75) is 0 Å². The molecule has 4 rings (SSSR count). The van der Waals surface area contributed by atoms with E-state index in [1.165, 1.54) is 11.8 Å². The Labute approximate surface area is 138 Å². The van der Waals surface area contributed by atoms with E-state index >= 15 is 0 Å². The normalized spacial score (nSPS) is 11.2. The van der Waals surface area contributed by atoms with E-state index in [4.69, 9.17) is 4.74 Å². The van der Waals surface area contributed by atoms with E-state index in [1.54, 1.807) is 24.5 Å². The van der Waals surface area contributed by atoms with E-state index in [-0.39, 0.29) is 5.56 Å². The molecule has 0 aliphatic carbocycles. The number of H-pyrrole nitrogens is 1. The molecule has 23 heavy (non-hydrogen) atoms. The van der Waals surface area contributed by atoms with Crippen molar-refractivity contribution in [3.05, 3.63) is 57.6 Å². The number of hydrogen-bond donors (Lipinski definition) is 1. The minimum atomic E-state index is -0.162. The molecule has 0 radical (unpaired) electrons. The van der Waals surface area contributed by atoms with Crippen LogP contribution >= 0.6 is 15.9 Å². The molecular formula is C16H11BrN4O2. The Morgan fingerprint density at radius 3 is 2.87 bits per heavy atom. The zero-order valence-corrected chi connectivity index (χ0v) is 13.7. The van der Waals surface area contributed by atoms with Crippen LogP contribution in [0, 0.1) is 0 Å². The summed E-state index contributed by atoms with van der Waals surface area (Å²) in [5.41, 5.74) is 2.06. The smallest absolute Gasteiger partial charge is 0.280 e. The van der Waals surface area contributed by atoms with E-state index in [1.807, 2.05) is 18.2 Å². The average Bonchev–Trinajstić information content (AvgIpc) is 2.92. The first-order chi connectivity index (χ1) is 11.2. The van der Waals surface area contributed by atoms with Gasteiger partial charge in [-0.25, -0.2) is 9.67 Å². The fourth-order valence-electron chi connectivity index (χ4n) is 2.56. The first-order valence-corrected chi connectivity index (χ1v) is 7.66. The number of fused-ring (bicyclic) bond motifs is 3. The largest absolute Gasteiger partial charge is 0.481 e. The third-order valence-electron chi connectivity index (χ3n) is 3.67. The predicted octanol–water partition coefficient (Wildman–Crippen LogP) is 3.03. The average molecular weight is 371 g/mol. The van der Waals surface area contributed by atoms with Gasteiger partial charge in [-0.2, -0.15) is 0 Å². The van der Waals surface area contributed by atoms with Crippen molar-refractivity contribution in [2.75, 3.05) is 7.11 Å². The van der Waals surface area contributed by atoms with Gasteiger partial charge in [0.05, 0.1) is 29.2 Å². The quantitative estimate of drug-likeness (QED) is 0.588. The van der Waals surface area contributed by atoms with Crippen LogP contribution in [0.4, 0.5) is 0 Å². The molecule has 4 aromatic rings. The molecule has 3 heterocycles. The highest BCUT2D eigenvalue weighted by molar-refractivity contribution is 9.10. The van der Waals surface area contributed by atoms with Gasteiger partial charge in [-0.1, -0.05) is 15.9 Å². The highest BCUT2D eigenvalue weighted by Crippen LogP contribution is 2.24. The van der Waals surface area contributed by atoms with Gasteiger partial charge in [-0.3, -0.25) is 14.9 Å². The summed E-state index contributed by atoms with van der Waals surface area (Å²) < 4.78 is 7.53. The van der Waals surface area contributed by atoms with E-state index in [0.717, 1.165) is 20.9 Å². The summed E-state index contributed by atoms with van der Waals surface area (Å²) in [5.74, 6) is 0.444. The Balaban J connectivity index is 2.03. The summed E-state index contributed by atoms with van der Waals surface area (Å²) in [5, 5.41) is 4.59. The molecule has 0 unspecified atom stereocenters. The molecule has 0 saturated heterocycles. The van der Waals surface area contributed by atoms with Gasteiger partial charge in [0.25, 0.3) is 5.56 Å². The zero-order valence-electron chi connectivity index (χ0n) is 12.1. The second kappa shape index (κ2) is 5.20. The summed E-state index contributed by atoms with van der Waals surface area (Å²) in [6.45, 7) is 0. The van der Waals surface area contributed by atoms with Gasteiger partial charge in [0.15, 0.2) is 0 Å². The van der Waals surface area contributed by atoms with Gasteiger partial charge in [0.2, 0.25) is 5.88 Å². The van der Waals surface area contributed by atoms with Crippen LogP contribution in [0.2, 0.25) is 0 Å². The Morgan fingerprint density at radius 1 is 1.17 bits per heavy atom. The third kappa shape index (κ3) is 2.20. The number of aromatic amines is 1. The number of hydrogen-bond acceptors (Lipinski definition) is 4. The number of halogens is 1. The highest BCUT2D eigenvalue weighted by atomic mass is 79.9. The number of pyridine rings is 2. The third-order valence-corrected chi connectivity index (χ3v) is 4.17. The van der Waals surface area contributed by atoms with Crippen molar-refractivity contribution >= 4 is 37.7 Å². The van der Waals surface area contributed by atoms with Crippen LogP contribution in [0.5, 0.6) is 5.88 Å². The number of aromatic nitrogens is 4. The Morgan fingerprint density at radius 2 is 2.04 bits per heavy atom. The molecule has 0 amide bonds. The Kier molecular flexibility index (Phi) is 3.16. The van der Waals surface area contributed by atoms with Crippen molar-refractivity contribution < 1.29 is 4.74 Å². The lowest BCUT2D eigenvalue weighted by Gasteiger charge is -2.03. The maximum absolute atomic E-state index is 12.7. The van der Waals surface area contributed by atoms with Gasteiger partial charge < -0.3 is 4.74 Å². The number of methoxy groups -OCH3 is 1. The van der Waals surface area contributed by atoms with E-state index in [9.17, 15) is 4.79 Å². The molecule has 0 bridgehead atoms. The van der Waals surface area contributed by atoms with Gasteiger partial charge in [0.1, 0.15) is 0 Å². The van der Waals surface area contributed by atoms with E-state index in [0.29, 0.717) is 17.0 Å². The first kappa shape index (κ1) is 14.0. The van der Waals surface area contributed by atoms with Crippen molar-refractivity contribution in [2.24, 2.45) is 0 Å². The minimum Gasteiger partial charge on any atom is -0.481 e. The van der Waals surface area contributed by atoms with Crippen molar-refractivity contribution in [3.63, 3.8) is 0 Å². The van der Waals surface area contributed by atoms with Crippen molar-refractivity contribution in [1.82, 2.24) is 19.7 Å². The van der Waals surface area contributed by atoms with Crippen LogP contribution in [0.15, 0.2) is 52.0 Å². The maximum atomic E-state index is 12.7. The lowest BCUT2D eigenvalue weighted by molar-refractivity contribution is 0.397. The molecule has 1 N–H and O–H groups in total. The molecule has 3 aromatic heterocycles. The SMILES string of the molecule is COc1cc(-n2[nH]c3c(cnc4cc(Br)ccc43)c2=O)ccn1. The number of rotatable bonds is 2. The van der Waals surface area contributed by atoms with Crippen LogP contribution in [0.1, 0.15) is 0 Å². The van der Waals surface area contributed by atoms with E-state index < -0.39 is 0 Å². The molecular weight excluding hydrogens is 360 g/mol. The fraction of sp³-hybridized carbons (Fsp3) is 0.0625. The summed E-state index contributed by atoms with van der Waals surface area (Å²) in [4.78, 5) is 21.1. The van der Waals surface area contributed by atoms with Crippen LogP contribution in [-0.4, -0.2) is 26.9 Å². The second-order valence-electron chi connectivity index (χ2n) is 5.02. The molecule has 1 aromatic carbocycles. The zero-order chi connectivity index (χ0) is 16.0. The summed E-state index contributed by atoms with van der Waals surface area (Å²) in [6.07, 6.45) is 3.19. The molecule has 0 atom stereocenters. The standard InChI is InChI=1S/C16H11BrN4O2/c1-23-14-7-10(4-5-18-14)21-16(22)12-8-19-13-6-9(17)2-3-11(13)15(12)20-21/h2-8,20H,1H3. The molecule has 0 saturated carbocycles. The summed E-state index contributed by atoms with van der Waals surface area (Å²) in [7, 11) is 1.54. The molecule has 7 heteroatoms. The molecule has 0 aliphatic heterocycles. The van der Waals surface area contributed by atoms with Crippen molar-refractivity contribution in [3.8, 4) is 11.6 Å². The minimum absolute atomic E-state index is 0.162. The summed E-state index contributed by atoms with van der Waals surface area (Å²) >= 11 is 3.43. The van der Waals surface area contributed by atoms with Gasteiger partial charge >= 0.3 is 0 Å². The van der Waals surface area contributed by atoms with Gasteiger partial charge in [-0.05, 0) is 24.3 Å². The molecule has 0 fully saturated rings. The molecule has 0 aliphatic rings. The van der Waals surface area contributed by atoms with E-state index in [2.05, 4.69) is 31.0 Å². The highest BCUT2D eigenvalue weighted by Gasteiger charge is 2.12. The Hall–Kier alpha value is -2.67. The molecule has 114 valence electrons. The van der Waals surface area contributed by atoms with Gasteiger partial charge in [-0.15, -0.1) is 0 Å². The monoisotopic (exact) mass is 370 g/mol. The number of nitrogens with zero attached hydrogens (tertiary/aromatic N) is 3. The molecule has 0 spiro atoms. The topological polar surface area (TPSA) is 72.8 Å². The Bertz CT molecular complexity index is 1100. The number of benzene rings is 1. The second-order valence-corrected chi connectivity index (χ2v) is 5.93. The summed E-state index contributed by atoms with van der Waals surface area (Å²) in [6, 6.07) is 9.21. The van der Waals surface area contributed by atoms with Gasteiger partial charge in [0, 0.05) is 28.3 Å². The van der Waals surface area contributed by atoms with Crippen LogP contribution < -0.4 is 10.3 Å². The van der Waals surface area contributed by atoms with Crippen LogP contribution in [0.25, 0.3) is 27.5 Å². The van der Waals surface area contributed by atoms with Crippen LogP contribution in [-0.2, 0) is 0 Å². The lowest BCUT2D eigenvalue weighted by atomic mass is 10.2. The number of nitrogens with one attached hydrogen (secondary N) is 1. The molecule has 6 nitrogen and oxygen atoms in total. The first-order valence-electron chi connectivity index (χ1n) is 6.87. The van der Waals surface area contributed by atoms with Crippen LogP contribution in [0.3, 0.4) is 0 Å². The maximum Gasteiger partial charge on any atom is 0.280 e. The number of ether oxygens (including phenoxy) is 1.